The predicted octanol–water partition coefficient (Wildman–Crippen LogP) is 1.48. The maximum Gasteiger partial charge on any atom is 0.326 e. The molecule has 1 fully saturated rings. The van der Waals surface area contributed by atoms with Crippen LogP contribution in [-0.4, -0.2) is 39.5 Å². The van der Waals surface area contributed by atoms with Crippen LogP contribution in [0.2, 0.25) is 0 Å². The third kappa shape index (κ3) is 3.53. The van der Waals surface area contributed by atoms with Crippen LogP contribution in [0.15, 0.2) is 24.4 Å². The molecule has 19 heavy (non-hydrogen) atoms. The molecule has 1 aromatic heterocycles. The largest absolute Gasteiger partial charge is 0.480 e. The van der Waals surface area contributed by atoms with Crippen LogP contribution >= 0.6 is 0 Å². The molecule has 0 spiro atoms. The van der Waals surface area contributed by atoms with Crippen LogP contribution in [0.3, 0.4) is 0 Å². The number of aryl methyl sites for hydroxylation is 1. The molecule has 1 atom stereocenters. The number of carboxylic acids is 1. The van der Waals surface area contributed by atoms with Crippen molar-refractivity contribution in [3.63, 3.8) is 0 Å². The summed E-state index contributed by atoms with van der Waals surface area (Å²) in [5.74, 6) is -0.948. The van der Waals surface area contributed by atoms with Gasteiger partial charge >= 0.3 is 5.97 Å². The molecule has 1 saturated heterocycles. The van der Waals surface area contributed by atoms with E-state index in [1.165, 1.54) is 4.90 Å². The Morgan fingerprint density at radius 3 is 2.95 bits per heavy atom. The highest BCUT2D eigenvalue weighted by molar-refractivity contribution is 5.84. The molecule has 0 aromatic carbocycles. The lowest BCUT2D eigenvalue weighted by molar-refractivity contribution is -0.148. The van der Waals surface area contributed by atoms with Crippen LogP contribution in [0.5, 0.6) is 0 Å². The van der Waals surface area contributed by atoms with Gasteiger partial charge in [0, 0.05) is 24.9 Å². The second-order valence-corrected chi connectivity index (χ2v) is 4.76. The normalized spacial score (nSPS) is 18.5. The summed E-state index contributed by atoms with van der Waals surface area (Å²) in [6, 6.07) is 5.09. The van der Waals surface area contributed by atoms with Gasteiger partial charge in [0.15, 0.2) is 0 Å². The first-order valence-corrected chi connectivity index (χ1v) is 6.60. The van der Waals surface area contributed by atoms with Gasteiger partial charge in [-0.1, -0.05) is 6.07 Å². The van der Waals surface area contributed by atoms with E-state index in [0.29, 0.717) is 25.8 Å². The van der Waals surface area contributed by atoms with Crippen molar-refractivity contribution in [2.45, 2.75) is 38.1 Å². The van der Waals surface area contributed by atoms with Gasteiger partial charge in [0.05, 0.1) is 0 Å². The number of hydrogen-bond donors (Lipinski definition) is 1. The van der Waals surface area contributed by atoms with E-state index >= 15 is 0 Å². The van der Waals surface area contributed by atoms with Gasteiger partial charge < -0.3 is 10.0 Å². The summed E-state index contributed by atoms with van der Waals surface area (Å²) < 4.78 is 0. The van der Waals surface area contributed by atoms with E-state index in [1.807, 2.05) is 18.2 Å². The molecular weight excluding hydrogens is 244 g/mol. The number of aromatic nitrogens is 1. The van der Waals surface area contributed by atoms with E-state index in [-0.39, 0.29) is 5.91 Å². The molecule has 102 valence electrons. The summed E-state index contributed by atoms with van der Waals surface area (Å²) >= 11 is 0. The van der Waals surface area contributed by atoms with E-state index in [0.717, 1.165) is 18.5 Å². The molecule has 2 rings (SSSR count). The van der Waals surface area contributed by atoms with Crippen LogP contribution in [0.25, 0.3) is 0 Å². The average Bonchev–Trinajstić information content (AvgIpc) is 2.89. The Bertz CT molecular complexity index is 447. The van der Waals surface area contributed by atoms with Crippen molar-refractivity contribution in [1.82, 2.24) is 9.88 Å². The third-order valence-electron chi connectivity index (χ3n) is 3.41. The van der Waals surface area contributed by atoms with Crippen LogP contribution in [0, 0.1) is 0 Å². The highest BCUT2D eigenvalue weighted by Gasteiger charge is 2.33. The molecule has 1 N–H and O–H groups in total. The predicted molar refractivity (Wildman–Crippen MR) is 69.5 cm³/mol. The molecule has 1 amide bonds. The van der Waals surface area contributed by atoms with Crippen molar-refractivity contribution in [2.24, 2.45) is 0 Å². The van der Waals surface area contributed by atoms with Gasteiger partial charge in [-0.25, -0.2) is 4.79 Å². The summed E-state index contributed by atoms with van der Waals surface area (Å²) in [4.78, 5) is 28.7. The summed E-state index contributed by atoms with van der Waals surface area (Å²) in [6.07, 6.45) is 4.93. The Hall–Kier alpha value is -1.91. The minimum absolute atomic E-state index is 0.0548. The SMILES string of the molecule is O=C(O)C1CCCN1C(=O)CCCc1ccccn1. The summed E-state index contributed by atoms with van der Waals surface area (Å²) in [7, 11) is 0. The van der Waals surface area contributed by atoms with Crippen molar-refractivity contribution < 1.29 is 14.7 Å². The fourth-order valence-electron chi connectivity index (χ4n) is 2.43. The Labute approximate surface area is 112 Å². The Morgan fingerprint density at radius 2 is 2.26 bits per heavy atom. The zero-order valence-electron chi connectivity index (χ0n) is 10.8. The van der Waals surface area contributed by atoms with Crippen molar-refractivity contribution in [3.8, 4) is 0 Å². The molecule has 1 aliphatic rings. The fraction of sp³-hybridized carbons (Fsp3) is 0.500. The molecule has 0 bridgehead atoms. The quantitative estimate of drug-likeness (QED) is 0.872. The first-order chi connectivity index (χ1) is 9.18. The lowest BCUT2D eigenvalue weighted by atomic mass is 10.1. The van der Waals surface area contributed by atoms with Crippen molar-refractivity contribution in [1.29, 1.82) is 0 Å². The Morgan fingerprint density at radius 1 is 1.42 bits per heavy atom. The molecule has 5 nitrogen and oxygen atoms in total. The second-order valence-electron chi connectivity index (χ2n) is 4.76. The van der Waals surface area contributed by atoms with Crippen LogP contribution in [0.1, 0.15) is 31.4 Å². The lowest BCUT2D eigenvalue weighted by Gasteiger charge is -2.21. The number of amides is 1. The highest BCUT2D eigenvalue weighted by Crippen LogP contribution is 2.19. The maximum atomic E-state index is 12.0. The van der Waals surface area contributed by atoms with Gasteiger partial charge in [-0.15, -0.1) is 0 Å². The fourth-order valence-corrected chi connectivity index (χ4v) is 2.43. The molecule has 0 radical (unpaired) electrons. The number of nitrogens with zero attached hydrogens (tertiary/aromatic N) is 2. The maximum absolute atomic E-state index is 12.0. The standard InChI is InChI=1S/C14H18N2O3/c17-13(16-10-4-7-12(16)14(18)19)8-3-6-11-5-1-2-9-15-11/h1-2,5,9,12H,3-4,6-8,10H2,(H,18,19). The van der Waals surface area contributed by atoms with Crippen molar-refractivity contribution in [2.75, 3.05) is 6.54 Å². The number of likely N-dealkylation sites (tertiary alicyclic amines) is 1. The van der Waals surface area contributed by atoms with Gasteiger partial charge in [0.1, 0.15) is 6.04 Å². The smallest absolute Gasteiger partial charge is 0.326 e. The van der Waals surface area contributed by atoms with Crippen molar-refractivity contribution >= 4 is 11.9 Å². The summed E-state index contributed by atoms with van der Waals surface area (Å²) in [6.45, 7) is 0.569. The minimum atomic E-state index is -0.893. The van der Waals surface area contributed by atoms with Gasteiger partial charge in [-0.2, -0.15) is 0 Å². The van der Waals surface area contributed by atoms with Crippen LogP contribution < -0.4 is 0 Å². The minimum Gasteiger partial charge on any atom is -0.480 e. The third-order valence-corrected chi connectivity index (χ3v) is 3.41. The zero-order valence-corrected chi connectivity index (χ0v) is 10.8. The molecule has 0 saturated carbocycles. The topological polar surface area (TPSA) is 70.5 Å². The number of carbonyl (C=O) groups is 2. The number of rotatable bonds is 5. The molecule has 2 heterocycles. The van der Waals surface area contributed by atoms with E-state index in [9.17, 15) is 9.59 Å². The monoisotopic (exact) mass is 262 g/mol. The first-order valence-electron chi connectivity index (χ1n) is 6.60. The number of carboxylic acid groups (broad SMARTS) is 1. The average molecular weight is 262 g/mol. The zero-order chi connectivity index (χ0) is 13.7. The first kappa shape index (κ1) is 13.5. The molecule has 1 unspecified atom stereocenters. The Kier molecular flexibility index (Phi) is 4.49. The van der Waals surface area contributed by atoms with E-state index in [1.54, 1.807) is 6.20 Å². The van der Waals surface area contributed by atoms with Crippen molar-refractivity contribution in [3.05, 3.63) is 30.1 Å². The van der Waals surface area contributed by atoms with Gasteiger partial charge in [0.2, 0.25) is 5.91 Å². The number of pyridine rings is 1. The molecular formula is C14H18N2O3. The molecule has 1 aromatic rings. The molecule has 1 aliphatic heterocycles. The van der Waals surface area contributed by atoms with E-state index < -0.39 is 12.0 Å². The lowest BCUT2D eigenvalue weighted by Crippen LogP contribution is -2.40. The highest BCUT2D eigenvalue weighted by atomic mass is 16.4. The summed E-state index contributed by atoms with van der Waals surface area (Å²) in [5.41, 5.74) is 0.964. The van der Waals surface area contributed by atoms with Crippen LogP contribution in [-0.2, 0) is 16.0 Å². The van der Waals surface area contributed by atoms with Gasteiger partial charge in [-0.05, 0) is 37.8 Å². The second kappa shape index (κ2) is 6.31. The summed E-state index contributed by atoms with van der Waals surface area (Å²) in [5, 5.41) is 9.03. The Balaban J connectivity index is 1.80. The molecule has 0 aliphatic carbocycles. The molecule has 5 heteroatoms. The van der Waals surface area contributed by atoms with Gasteiger partial charge in [-0.3, -0.25) is 9.78 Å². The number of hydrogen-bond acceptors (Lipinski definition) is 3. The number of carbonyl (C=O) groups excluding carboxylic acids is 1. The van der Waals surface area contributed by atoms with Gasteiger partial charge in [0.25, 0.3) is 0 Å². The van der Waals surface area contributed by atoms with Crippen LogP contribution in [0.4, 0.5) is 0 Å². The number of aliphatic carboxylic acids is 1. The van der Waals surface area contributed by atoms with E-state index in [2.05, 4.69) is 4.98 Å². The van der Waals surface area contributed by atoms with E-state index in [4.69, 9.17) is 5.11 Å².